The average molecular weight is 310 g/mol. The number of H-pyrrole nitrogens is 1. The van der Waals surface area contributed by atoms with Crippen molar-refractivity contribution >= 4 is 17.7 Å². The molecule has 1 atom stereocenters. The monoisotopic (exact) mass is 310 g/mol. The summed E-state index contributed by atoms with van der Waals surface area (Å²) in [7, 11) is 0. The number of nitrogens with zero attached hydrogens (tertiary/aromatic N) is 2. The molecule has 21 heavy (non-hydrogen) atoms. The van der Waals surface area contributed by atoms with Crippen molar-refractivity contribution < 1.29 is 4.79 Å². The summed E-state index contributed by atoms with van der Waals surface area (Å²) in [5, 5.41) is 10.6. The quantitative estimate of drug-likeness (QED) is 0.792. The molecule has 6 heteroatoms. The predicted molar refractivity (Wildman–Crippen MR) is 85.4 cm³/mol. The molecule has 118 valence electrons. The van der Waals surface area contributed by atoms with Crippen molar-refractivity contribution in [1.29, 1.82) is 0 Å². The molecule has 1 aliphatic carbocycles. The maximum absolute atomic E-state index is 12.1. The van der Waals surface area contributed by atoms with E-state index in [1.54, 1.807) is 0 Å². The molecular weight excluding hydrogens is 284 g/mol. The van der Waals surface area contributed by atoms with E-state index in [-0.39, 0.29) is 11.2 Å². The third-order valence-electron chi connectivity index (χ3n) is 3.97. The minimum absolute atomic E-state index is 0.0847. The van der Waals surface area contributed by atoms with E-state index in [4.69, 9.17) is 0 Å². The number of nitrogens with one attached hydrogen (secondary N) is 2. The van der Waals surface area contributed by atoms with Crippen LogP contribution in [0.2, 0.25) is 0 Å². The molecule has 1 aliphatic rings. The van der Waals surface area contributed by atoms with Crippen LogP contribution in [-0.4, -0.2) is 32.9 Å². The number of rotatable bonds is 6. The van der Waals surface area contributed by atoms with Crippen molar-refractivity contribution in [2.45, 2.75) is 69.2 Å². The van der Waals surface area contributed by atoms with Crippen LogP contribution in [0.5, 0.6) is 0 Å². The third kappa shape index (κ3) is 5.02. The number of hydrogen-bond acceptors (Lipinski definition) is 4. The summed E-state index contributed by atoms with van der Waals surface area (Å²) in [5.74, 6) is 1.94. The molecule has 1 saturated carbocycles. The normalized spacial score (nSPS) is 17.9. The highest BCUT2D eigenvalue weighted by molar-refractivity contribution is 8.00. The van der Waals surface area contributed by atoms with Crippen molar-refractivity contribution in [3.05, 3.63) is 5.82 Å². The van der Waals surface area contributed by atoms with Gasteiger partial charge in [-0.1, -0.05) is 44.9 Å². The molecule has 0 bridgehead atoms. The third-order valence-corrected chi connectivity index (χ3v) is 4.93. The highest BCUT2D eigenvalue weighted by Gasteiger charge is 2.19. The molecule has 0 aromatic carbocycles. The SMILES string of the molecule is CC(C)c1nc(S[C@H](C)C(=O)NCC2CCCCC2)n[nH]1. The topological polar surface area (TPSA) is 70.7 Å². The van der Waals surface area contributed by atoms with E-state index in [9.17, 15) is 4.79 Å². The minimum Gasteiger partial charge on any atom is -0.355 e. The highest BCUT2D eigenvalue weighted by atomic mass is 32.2. The van der Waals surface area contributed by atoms with Gasteiger partial charge in [0.25, 0.3) is 0 Å². The van der Waals surface area contributed by atoms with Crippen LogP contribution in [0.3, 0.4) is 0 Å². The summed E-state index contributed by atoms with van der Waals surface area (Å²) < 4.78 is 0. The van der Waals surface area contributed by atoms with Crippen LogP contribution in [-0.2, 0) is 4.79 Å². The van der Waals surface area contributed by atoms with Crippen LogP contribution in [0, 0.1) is 5.92 Å². The first-order valence-electron chi connectivity index (χ1n) is 7.93. The van der Waals surface area contributed by atoms with E-state index >= 15 is 0 Å². The van der Waals surface area contributed by atoms with Crippen LogP contribution in [0.4, 0.5) is 0 Å². The van der Waals surface area contributed by atoms with E-state index in [0.717, 1.165) is 12.4 Å². The van der Waals surface area contributed by atoms with Gasteiger partial charge in [0.1, 0.15) is 5.82 Å². The van der Waals surface area contributed by atoms with Gasteiger partial charge in [-0.15, -0.1) is 5.10 Å². The Morgan fingerprint density at radius 3 is 2.67 bits per heavy atom. The number of hydrogen-bond donors (Lipinski definition) is 2. The molecule has 0 radical (unpaired) electrons. The summed E-state index contributed by atoms with van der Waals surface area (Å²) >= 11 is 1.41. The van der Waals surface area contributed by atoms with Gasteiger partial charge in [0, 0.05) is 12.5 Å². The maximum atomic E-state index is 12.1. The van der Waals surface area contributed by atoms with Gasteiger partial charge in [-0.05, 0) is 25.7 Å². The van der Waals surface area contributed by atoms with Crippen LogP contribution in [0.25, 0.3) is 0 Å². The van der Waals surface area contributed by atoms with E-state index in [0.29, 0.717) is 17.0 Å². The fourth-order valence-corrected chi connectivity index (χ4v) is 3.32. The van der Waals surface area contributed by atoms with Crippen LogP contribution < -0.4 is 5.32 Å². The van der Waals surface area contributed by atoms with E-state index in [1.165, 1.54) is 43.9 Å². The molecule has 2 rings (SSSR count). The Kier molecular flexibility index (Phi) is 6.08. The molecule has 0 saturated heterocycles. The smallest absolute Gasteiger partial charge is 0.233 e. The van der Waals surface area contributed by atoms with Gasteiger partial charge >= 0.3 is 0 Å². The van der Waals surface area contributed by atoms with Crippen molar-refractivity contribution in [3.63, 3.8) is 0 Å². The summed E-state index contributed by atoms with van der Waals surface area (Å²) in [5.41, 5.74) is 0. The van der Waals surface area contributed by atoms with Gasteiger partial charge in [0.2, 0.25) is 11.1 Å². The average Bonchev–Trinajstić information content (AvgIpc) is 2.94. The molecule has 0 aliphatic heterocycles. The van der Waals surface area contributed by atoms with Crippen LogP contribution in [0.15, 0.2) is 5.16 Å². The van der Waals surface area contributed by atoms with Crippen LogP contribution in [0.1, 0.15) is 64.6 Å². The lowest BCUT2D eigenvalue weighted by Crippen LogP contribution is -2.35. The molecule has 1 amide bonds. The van der Waals surface area contributed by atoms with Gasteiger partial charge in [0.05, 0.1) is 5.25 Å². The first-order chi connectivity index (χ1) is 10.1. The lowest BCUT2D eigenvalue weighted by atomic mass is 9.89. The van der Waals surface area contributed by atoms with Crippen molar-refractivity contribution in [2.75, 3.05) is 6.54 Å². The van der Waals surface area contributed by atoms with Crippen molar-refractivity contribution in [1.82, 2.24) is 20.5 Å². The number of aromatic nitrogens is 3. The summed E-state index contributed by atoms with van der Waals surface area (Å²) in [6, 6.07) is 0. The van der Waals surface area contributed by atoms with E-state index in [1.807, 2.05) is 6.92 Å². The Morgan fingerprint density at radius 1 is 1.33 bits per heavy atom. The first kappa shape index (κ1) is 16.3. The molecule has 1 heterocycles. The second-order valence-electron chi connectivity index (χ2n) is 6.17. The molecule has 0 unspecified atom stereocenters. The number of aromatic amines is 1. The second-order valence-corrected chi connectivity index (χ2v) is 7.48. The number of carbonyl (C=O) groups excluding carboxylic acids is 1. The van der Waals surface area contributed by atoms with Crippen LogP contribution >= 0.6 is 11.8 Å². The molecule has 1 aromatic heterocycles. The van der Waals surface area contributed by atoms with E-state index in [2.05, 4.69) is 34.3 Å². The Hall–Kier alpha value is -1.04. The second kappa shape index (κ2) is 7.82. The Labute approximate surface area is 131 Å². The van der Waals surface area contributed by atoms with Crippen molar-refractivity contribution in [3.8, 4) is 0 Å². The molecule has 2 N–H and O–H groups in total. The predicted octanol–water partition coefficient (Wildman–Crippen LogP) is 3.11. The molecule has 0 spiro atoms. The van der Waals surface area contributed by atoms with Gasteiger partial charge < -0.3 is 5.32 Å². The zero-order valence-corrected chi connectivity index (χ0v) is 14.0. The maximum Gasteiger partial charge on any atom is 0.233 e. The first-order valence-corrected chi connectivity index (χ1v) is 8.81. The molecule has 1 aromatic rings. The summed E-state index contributed by atoms with van der Waals surface area (Å²) in [6.45, 7) is 6.85. The van der Waals surface area contributed by atoms with Gasteiger partial charge in [-0.3, -0.25) is 9.89 Å². The zero-order valence-electron chi connectivity index (χ0n) is 13.2. The summed E-state index contributed by atoms with van der Waals surface area (Å²) in [4.78, 5) is 16.5. The summed E-state index contributed by atoms with van der Waals surface area (Å²) in [6.07, 6.45) is 6.46. The number of amides is 1. The fourth-order valence-electron chi connectivity index (χ4n) is 2.56. The Balaban J connectivity index is 1.75. The lowest BCUT2D eigenvalue weighted by molar-refractivity contribution is -0.120. The minimum atomic E-state index is -0.163. The number of carbonyl (C=O) groups is 1. The highest BCUT2D eigenvalue weighted by Crippen LogP contribution is 2.24. The van der Waals surface area contributed by atoms with Gasteiger partial charge in [-0.2, -0.15) is 0 Å². The van der Waals surface area contributed by atoms with Gasteiger partial charge in [-0.25, -0.2) is 4.98 Å². The van der Waals surface area contributed by atoms with Gasteiger partial charge in [0.15, 0.2) is 0 Å². The molecule has 5 nitrogen and oxygen atoms in total. The number of thioether (sulfide) groups is 1. The fraction of sp³-hybridized carbons (Fsp3) is 0.800. The molecule has 1 fully saturated rings. The van der Waals surface area contributed by atoms with E-state index < -0.39 is 0 Å². The Bertz CT molecular complexity index is 454. The molecular formula is C15H26N4OS. The largest absolute Gasteiger partial charge is 0.355 e. The van der Waals surface area contributed by atoms with Crippen molar-refractivity contribution in [2.24, 2.45) is 5.92 Å². The lowest BCUT2D eigenvalue weighted by Gasteiger charge is -2.22. The Morgan fingerprint density at radius 2 is 2.05 bits per heavy atom. The zero-order chi connectivity index (χ0) is 15.2. The standard InChI is InChI=1S/C15H26N4OS/c1-10(2)13-17-15(19-18-13)21-11(3)14(20)16-9-12-7-5-4-6-8-12/h10-12H,4-9H2,1-3H3,(H,16,20)(H,17,18,19)/t11-/m1/s1.